The Kier molecular flexibility index (Phi) is 6.60. The predicted octanol–water partition coefficient (Wildman–Crippen LogP) is 3.10. The van der Waals surface area contributed by atoms with Crippen LogP contribution in [0.4, 0.5) is 5.69 Å². The summed E-state index contributed by atoms with van der Waals surface area (Å²) in [5.41, 5.74) is 1.52. The molecule has 1 heterocycles. The van der Waals surface area contributed by atoms with Gasteiger partial charge in [0.2, 0.25) is 5.91 Å². The Labute approximate surface area is 164 Å². The highest BCUT2D eigenvalue weighted by atomic mass is 16.6. The zero-order valence-electron chi connectivity index (χ0n) is 16.0. The van der Waals surface area contributed by atoms with E-state index in [1.165, 1.54) is 6.07 Å². The fourth-order valence-corrected chi connectivity index (χ4v) is 3.62. The van der Waals surface area contributed by atoms with E-state index in [0.717, 1.165) is 37.2 Å². The van der Waals surface area contributed by atoms with E-state index >= 15 is 0 Å². The van der Waals surface area contributed by atoms with Crippen LogP contribution in [0.15, 0.2) is 48.5 Å². The Bertz CT molecular complexity index is 817. The number of nitrogens with zero attached hydrogens (tertiary/aromatic N) is 2. The van der Waals surface area contributed by atoms with E-state index in [0.29, 0.717) is 12.1 Å². The highest BCUT2D eigenvalue weighted by molar-refractivity contribution is 5.79. The molecule has 2 aromatic carbocycles. The van der Waals surface area contributed by atoms with Crippen molar-refractivity contribution >= 4 is 11.6 Å². The lowest BCUT2D eigenvalue weighted by Gasteiger charge is -2.28. The van der Waals surface area contributed by atoms with Crippen molar-refractivity contribution in [3.8, 4) is 5.75 Å². The zero-order chi connectivity index (χ0) is 19.9. The van der Waals surface area contributed by atoms with Crippen molar-refractivity contribution in [2.75, 3.05) is 26.7 Å². The van der Waals surface area contributed by atoms with E-state index in [2.05, 4.69) is 10.2 Å². The second-order valence-corrected chi connectivity index (χ2v) is 6.90. The lowest BCUT2D eigenvalue weighted by Crippen LogP contribution is -2.37. The molecule has 7 nitrogen and oxygen atoms in total. The van der Waals surface area contributed by atoms with E-state index in [-0.39, 0.29) is 24.1 Å². The van der Waals surface area contributed by atoms with Gasteiger partial charge in [0.15, 0.2) is 0 Å². The molecule has 1 amide bonds. The van der Waals surface area contributed by atoms with Crippen LogP contribution < -0.4 is 10.1 Å². The number of ether oxygens (including phenoxy) is 1. The molecule has 1 aliphatic rings. The highest BCUT2D eigenvalue weighted by Crippen LogP contribution is 2.26. The Morgan fingerprint density at radius 2 is 1.86 bits per heavy atom. The van der Waals surface area contributed by atoms with Crippen molar-refractivity contribution in [2.45, 2.75) is 25.3 Å². The maximum absolute atomic E-state index is 12.5. The van der Waals surface area contributed by atoms with Gasteiger partial charge in [0.05, 0.1) is 24.5 Å². The van der Waals surface area contributed by atoms with Crippen molar-refractivity contribution in [2.24, 2.45) is 0 Å². The molecule has 0 bridgehead atoms. The summed E-state index contributed by atoms with van der Waals surface area (Å²) in [5, 5.41) is 14.1. The summed E-state index contributed by atoms with van der Waals surface area (Å²) >= 11 is 0. The maximum Gasteiger partial charge on any atom is 0.273 e. The van der Waals surface area contributed by atoms with Crippen molar-refractivity contribution in [3.63, 3.8) is 0 Å². The van der Waals surface area contributed by atoms with Crippen LogP contribution in [0.2, 0.25) is 0 Å². The maximum atomic E-state index is 12.5. The van der Waals surface area contributed by atoms with Crippen molar-refractivity contribution in [1.82, 2.24) is 10.2 Å². The molecule has 7 heteroatoms. The van der Waals surface area contributed by atoms with Gasteiger partial charge in [-0.05, 0) is 43.6 Å². The number of rotatable bonds is 8. The van der Waals surface area contributed by atoms with Gasteiger partial charge in [0.1, 0.15) is 5.75 Å². The molecule has 0 aromatic heterocycles. The van der Waals surface area contributed by atoms with Gasteiger partial charge in [-0.1, -0.05) is 30.3 Å². The van der Waals surface area contributed by atoms with Gasteiger partial charge in [-0.15, -0.1) is 0 Å². The number of nitro benzene ring substituents is 1. The first kappa shape index (κ1) is 19.8. The second-order valence-electron chi connectivity index (χ2n) is 6.90. The number of benzene rings is 2. The van der Waals surface area contributed by atoms with Gasteiger partial charge in [-0.25, -0.2) is 0 Å². The van der Waals surface area contributed by atoms with E-state index in [1.807, 2.05) is 24.3 Å². The minimum atomic E-state index is -0.451. The minimum absolute atomic E-state index is 0.00745. The molecule has 2 aromatic rings. The molecule has 1 saturated heterocycles. The largest absolute Gasteiger partial charge is 0.497 e. The summed E-state index contributed by atoms with van der Waals surface area (Å²) < 4.78 is 5.23. The Morgan fingerprint density at radius 1 is 1.18 bits per heavy atom. The normalized spacial score (nSPS) is 15.2. The molecular weight excluding hydrogens is 358 g/mol. The van der Waals surface area contributed by atoms with Gasteiger partial charge in [0.25, 0.3) is 5.69 Å². The number of hydrogen-bond acceptors (Lipinski definition) is 5. The minimum Gasteiger partial charge on any atom is -0.497 e. The monoisotopic (exact) mass is 383 g/mol. The van der Waals surface area contributed by atoms with Crippen LogP contribution in [0.25, 0.3) is 0 Å². The molecule has 1 aliphatic heterocycles. The average molecular weight is 383 g/mol. The molecular formula is C21H25N3O4. The molecule has 1 unspecified atom stereocenters. The zero-order valence-corrected chi connectivity index (χ0v) is 16.0. The molecule has 3 rings (SSSR count). The molecule has 148 valence electrons. The van der Waals surface area contributed by atoms with Crippen LogP contribution in [-0.4, -0.2) is 42.5 Å². The number of para-hydroxylation sites is 1. The molecule has 0 saturated carbocycles. The van der Waals surface area contributed by atoms with Crippen LogP contribution in [0.5, 0.6) is 5.75 Å². The first-order valence-corrected chi connectivity index (χ1v) is 9.45. The van der Waals surface area contributed by atoms with Gasteiger partial charge < -0.3 is 10.1 Å². The lowest BCUT2D eigenvalue weighted by atomic mass is 10.0. The molecule has 1 fully saturated rings. The third kappa shape index (κ3) is 4.86. The SMILES string of the molecule is COc1ccc(C(CNC(=O)Cc2ccccc2[N+](=O)[O-])N2CCCC2)cc1. The van der Waals surface area contributed by atoms with Crippen LogP contribution in [0, 0.1) is 10.1 Å². The van der Waals surface area contributed by atoms with Gasteiger partial charge in [0, 0.05) is 18.2 Å². The number of nitro groups is 1. The smallest absolute Gasteiger partial charge is 0.273 e. The molecule has 0 radical (unpaired) electrons. The third-order valence-electron chi connectivity index (χ3n) is 5.11. The van der Waals surface area contributed by atoms with Crippen LogP contribution in [-0.2, 0) is 11.2 Å². The van der Waals surface area contributed by atoms with E-state index in [4.69, 9.17) is 4.74 Å². The number of methoxy groups -OCH3 is 1. The van der Waals surface area contributed by atoms with Crippen LogP contribution in [0.3, 0.4) is 0 Å². The molecule has 0 spiro atoms. The highest BCUT2D eigenvalue weighted by Gasteiger charge is 2.24. The molecule has 28 heavy (non-hydrogen) atoms. The first-order chi connectivity index (χ1) is 13.6. The molecule has 1 atom stereocenters. The third-order valence-corrected chi connectivity index (χ3v) is 5.11. The Morgan fingerprint density at radius 3 is 2.50 bits per heavy atom. The summed E-state index contributed by atoms with van der Waals surface area (Å²) in [7, 11) is 1.63. The quantitative estimate of drug-likeness (QED) is 0.559. The topological polar surface area (TPSA) is 84.7 Å². The Balaban J connectivity index is 1.67. The van der Waals surface area contributed by atoms with Crippen molar-refractivity contribution < 1.29 is 14.5 Å². The summed E-state index contributed by atoms with van der Waals surface area (Å²) in [6.45, 7) is 2.46. The van der Waals surface area contributed by atoms with Gasteiger partial charge >= 0.3 is 0 Å². The summed E-state index contributed by atoms with van der Waals surface area (Å²) in [6, 6.07) is 14.3. The van der Waals surface area contributed by atoms with Crippen molar-refractivity contribution in [1.29, 1.82) is 0 Å². The Hall–Kier alpha value is -2.93. The van der Waals surface area contributed by atoms with Gasteiger partial charge in [-0.3, -0.25) is 19.8 Å². The molecule has 1 N–H and O–H groups in total. The number of nitrogens with one attached hydrogen (secondary N) is 1. The number of likely N-dealkylation sites (tertiary alicyclic amines) is 1. The molecule has 0 aliphatic carbocycles. The second kappa shape index (κ2) is 9.32. The van der Waals surface area contributed by atoms with E-state index in [1.54, 1.807) is 25.3 Å². The average Bonchev–Trinajstić information content (AvgIpc) is 3.23. The number of carbonyl (C=O) groups excluding carboxylic acids is 1. The lowest BCUT2D eigenvalue weighted by molar-refractivity contribution is -0.385. The summed E-state index contributed by atoms with van der Waals surface area (Å²) in [5.74, 6) is 0.580. The van der Waals surface area contributed by atoms with Crippen LogP contribution >= 0.6 is 0 Å². The van der Waals surface area contributed by atoms with E-state index < -0.39 is 4.92 Å². The standard InChI is InChI=1S/C21H25N3O4/c1-28-18-10-8-16(9-11-18)20(23-12-4-5-13-23)15-22-21(25)14-17-6-2-3-7-19(17)24(26)27/h2-3,6-11,20H,4-5,12-15H2,1H3,(H,22,25). The number of amides is 1. The summed E-state index contributed by atoms with van der Waals surface area (Å²) in [4.78, 5) is 25.5. The fourth-order valence-electron chi connectivity index (χ4n) is 3.62. The predicted molar refractivity (Wildman–Crippen MR) is 106 cm³/mol. The van der Waals surface area contributed by atoms with E-state index in [9.17, 15) is 14.9 Å². The summed E-state index contributed by atoms with van der Waals surface area (Å²) in [6.07, 6.45) is 2.29. The number of carbonyl (C=O) groups is 1. The van der Waals surface area contributed by atoms with Crippen LogP contribution in [0.1, 0.15) is 30.0 Å². The van der Waals surface area contributed by atoms with Gasteiger partial charge in [-0.2, -0.15) is 0 Å². The number of hydrogen-bond donors (Lipinski definition) is 1. The first-order valence-electron chi connectivity index (χ1n) is 9.45. The van der Waals surface area contributed by atoms with Crippen molar-refractivity contribution in [3.05, 3.63) is 69.8 Å². The fraction of sp³-hybridized carbons (Fsp3) is 0.381.